The first-order chi connectivity index (χ1) is 7.24. The molecule has 3 heteroatoms. The van der Waals surface area contributed by atoms with Crippen LogP contribution in [-0.2, 0) is 0 Å². The van der Waals surface area contributed by atoms with Crippen molar-refractivity contribution in [3.63, 3.8) is 0 Å². The summed E-state index contributed by atoms with van der Waals surface area (Å²) in [4.78, 5) is 1.25. The maximum Gasteiger partial charge on any atom is 0.0762 e. The quantitative estimate of drug-likeness (QED) is 0.608. The molecule has 1 atom stereocenters. The first-order valence-electron chi connectivity index (χ1n) is 5.22. The Morgan fingerprint density at radius 1 is 1.33 bits per heavy atom. The maximum absolute atomic E-state index is 9.44. The summed E-state index contributed by atoms with van der Waals surface area (Å²) in [6, 6.07) is 8.16. The van der Waals surface area contributed by atoms with Crippen LogP contribution in [0.2, 0.25) is 0 Å². The SMILES string of the molecule is CCSCCSc1cccc(C(C)O)c1. The lowest BCUT2D eigenvalue weighted by Gasteiger charge is -2.07. The number of benzene rings is 1. The highest BCUT2D eigenvalue weighted by molar-refractivity contribution is 8.02. The second-order valence-corrected chi connectivity index (χ2v) is 5.86. The number of thioether (sulfide) groups is 2. The fourth-order valence-electron chi connectivity index (χ4n) is 1.23. The zero-order valence-corrected chi connectivity index (χ0v) is 10.9. The van der Waals surface area contributed by atoms with E-state index in [9.17, 15) is 5.11 Å². The van der Waals surface area contributed by atoms with Crippen molar-refractivity contribution in [3.8, 4) is 0 Å². The summed E-state index contributed by atoms with van der Waals surface area (Å²) >= 11 is 3.83. The van der Waals surface area contributed by atoms with Gasteiger partial charge in [0.25, 0.3) is 0 Å². The number of rotatable bonds is 6. The second-order valence-electron chi connectivity index (χ2n) is 3.29. The van der Waals surface area contributed by atoms with Crippen LogP contribution in [0.1, 0.15) is 25.5 Å². The molecule has 1 aromatic rings. The van der Waals surface area contributed by atoms with Gasteiger partial charge in [0.05, 0.1) is 6.10 Å². The molecular weight excluding hydrogens is 224 g/mol. The van der Waals surface area contributed by atoms with E-state index in [2.05, 4.69) is 19.1 Å². The molecule has 1 unspecified atom stereocenters. The van der Waals surface area contributed by atoms with E-state index in [1.807, 2.05) is 35.7 Å². The van der Waals surface area contributed by atoms with Gasteiger partial charge in [0.1, 0.15) is 0 Å². The van der Waals surface area contributed by atoms with E-state index in [-0.39, 0.29) is 6.10 Å². The van der Waals surface area contributed by atoms with Crippen LogP contribution in [0.15, 0.2) is 29.2 Å². The average Bonchev–Trinajstić information content (AvgIpc) is 2.25. The Hall–Kier alpha value is -0.120. The van der Waals surface area contributed by atoms with Crippen molar-refractivity contribution >= 4 is 23.5 Å². The van der Waals surface area contributed by atoms with Crippen LogP contribution in [-0.4, -0.2) is 22.4 Å². The molecule has 0 fully saturated rings. The summed E-state index contributed by atoms with van der Waals surface area (Å²) in [5.74, 6) is 3.52. The monoisotopic (exact) mass is 242 g/mol. The van der Waals surface area contributed by atoms with Crippen molar-refractivity contribution in [2.24, 2.45) is 0 Å². The Morgan fingerprint density at radius 2 is 2.13 bits per heavy atom. The van der Waals surface area contributed by atoms with E-state index in [0.717, 1.165) is 11.3 Å². The molecule has 1 rings (SSSR count). The minimum Gasteiger partial charge on any atom is -0.389 e. The first-order valence-corrected chi connectivity index (χ1v) is 7.36. The van der Waals surface area contributed by atoms with Gasteiger partial charge in [0.2, 0.25) is 0 Å². The number of aliphatic hydroxyl groups is 1. The van der Waals surface area contributed by atoms with Gasteiger partial charge >= 0.3 is 0 Å². The largest absolute Gasteiger partial charge is 0.389 e. The highest BCUT2D eigenvalue weighted by Crippen LogP contribution is 2.22. The van der Waals surface area contributed by atoms with Crippen molar-refractivity contribution in [3.05, 3.63) is 29.8 Å². The maximum atomic E-state index is 9.44. The molecule has 0 bridgehead atoms. The Bertz CT molecular complexity index is 287. The van der Waals surface area contributed by atoms with Crippen molar-refractivity contribution in [2.45, 2.75) is 24.8 Å². The Morgan fingerprint density at radius 3 is 2.80 bits per heavy atom. The standard InChI is InChI=1S/C12H18OS2/c1-3-14-7-8-15-12-6-4-5-11(9-12)10(2)13/h4-6,9-10,13H,3,7-8H2,1-2H3. The summed E-state index contributed by atoms with van der Waals surface area (Å²) in [7, 11) is 0. The lowest BCUT2D eigenvalue weighted by atomic mass is 10.1. The van der Waals surface area contributed by atoms with Gasteiger partial charge in [-0.1, -0.05) is 19.1 Å². The molecule has 1 N–H and O–H groups in total. The summed E-state index contributed by atoms with van der Waals surface area (Å²) in [5, 5.41) is 9.44. The fraction of sp³-hybridized carbons (Fsp3) is 0.500. The molecule has 0 amide bonds. The Labute approximate surface area is 101 Å². The minimum absolute atomic E-state index is 0.365. The predicted molar refractivity (Wildman–Crippen MR) is 70.8 cm³/mol. The van der Waals surface area contributed by atoms with Crippen LogP contribution in [0.4, 0.5) is 0 Å². The average molecular weight is 242 g/mol. The molecule has 0 saturated heterocycles. The molecule has 0 heterocycles. The topological polar surface area (TPSA) is 20.2 Å². The molecule has 84 valence electrons. The highest BCUT2D eigenvalue weighted by atomic mass is 32.2. The van der Waals surface area contributed by atoms with Gasteiger partial charge in [-0.05, 0) is 30.4 Å². The molecule has 0 aliphatic rings. The molecule has 1 nitrogen and oxygen atoms in total. The minimum atomic E-state index is -0.365. The Balaban J connectivity index is 2.43. The van der Waals surface area contributed by atoms with E-state index >= 15 is 0 Å². The Kier molecular flexibility index (Phi) is 6.22. The molecule has 0 aromatic heterocycles. The highest BCUT2D eigenvalue weighted by Gasteiger charge is 2.01. The third-order valence-corrected chi connectivity index (χ3v) is 4.20. The van der Waals surface area contributed by atoms with E-state index in [4.69, 9.17) is 0 Å². The van der Waals surface area contributed by atoms with Gasteiger partial charge in [-0.2, -0.15) is 11.8 Å². The van der Waals surface area contributed by atoms with Gasteiger partial charge in [0, 0.05) is 16.4 Å². The van der Waals surface area contributed by atoms with E-state index in [0.29, 0.717) is 0 Å². The molecule has 0 saturated carbocycles. The third kappa shape index (κ3) is 4.96. The molecule has 1 aromatic carbocycles. The molecule has 0 spiro atoms. The van der Waals surface area contributed by atoms with Crippen LogP contribution < -0.4 is 0 Å². The lowest BCUT2D eigenvalue weighted by Crippen LogP contribution is -1.91. The molecular formula is C12H18OS2. The number of hydrogen-bond donors (Lipinski definition) is 1. The van der Waals surface area contributed by atoms with E-state index in [1.165, 1.54) is 16.4 Å². The number of hydrogen-bond acceptors (Lipinski definition) is 3. The van der Waals surface area contributed by atoms with Gasteiger partial charge in [-0.15, -0.1) is 11.8 Å². The van der Waals surface area contributed by atoms with Gasteiger partial charge < -0.3 is 5.11 Å². The fourth-order valence-corrected chi connectivity index (χ4v) is 2.95. The van der Waals surface area contributed by atoms with Gasteiger partial charge in [-0.3, -0.25) is 0 Å². The smallest absolute Gasteiger partial charge is 0.0762 e. The summed E-state index contributed by atoms with van der Waals surface area (Å²) in [5.41, 5.74) is 1.00. The van der Waals surface area contributed by atoms with Gasteiger partial charge in [0.15, 0.2) is 0 Å². The van der Waals surface area contributed by atoms with Crippen LogP contribution in [0.5, 0.6) is 0 Å². The van der Waals surface area contributed by atoms with Crippen molar-refractivity contribution in [1.82, 2.24) is 0 Å². The zero-order chi connectivity index (χ0) is 11.1. The third-order valence-electron chi connectivity index (χ3n) is 2.04. The van der Waals surface area contributed by atoms with Crippen molar-refractivity contribution in [1.29, 1.82) is 0 Å². The van der Waals surface area contributed by atoms with Gasteiger partial charge in [-0.25, -0.2) is 0 Å². The molecule has 0 radical (unpaired) electrons. The van der Waals surface area contributed by atoms with E-state index in [1.54, 1.807) is 6.92 Å². The number of aliphatic hydroxyl groups excluding tert-OH is 1. The predicted octanol–water partition coefficient (Wildman–Crippen LogP) is 3.59. The van der Waals surface area contributed by atoms with Crippen LogP contribution in [0.25, 0.3) is 0 Å². The summed E-state index contributed by atoms with van der Waals surface area (Å²) in [6.45, 7) is 3.99. The zero-order valence-electron chi connectivity index (χ0n) is 9.27. The second kappa shape index (κ2) is 7.20. The molecule has 0 aliphatic heterocycles. The lowest BCUT2D eigenvalue weighted by molar-refractivity contribution is 0.199. The van der Waals surface area contributed by atoms with Crippen LogP contribution in [0, 0.1) is 0 Å². The molecule has 0 aliphatic carbocycles. The van der Waals surface area contributed by atoms with Crippen LogP contribution in [0.3, 0.4) is 0 Å². The first kappa shape index (κ1) is 12.9. The normalized spacial score (nSPS) is 12.7. The molecule has 15 heavy (non-hydrogen) atoms. The van der Waals surface area contributed by atoms with Crippen molar-refractivity contribution in [2.75, 3.05) is 17.3 Å². The summed E-state index contributed by atoms with van der Waals surface area (Å²) in [6.07, 6.45) is -0.365. The van der Waals surface area contributed by atoms with Crippen LogP contribution >= 0.6 is 23.5 Å². The van der Waals surface area contributed by atoms with Crippen molar-refractivity contribution < 1.29 is 5.11 Å². The van der Waals surface area contributed by atoms with E-state index < -0.39 is 0 Å². The summed E-state index contributed by atoms with van der Waals surface area (Å²) < 4.78 is 0.